The fourth-order valence-corrected chi connectivity index (χ4v) is 7.13. The monoisotopic (exact) mass is 677 g/mol. The van der Waals surface area contributed by atoms with Gasteiger partial charge in [0.15, 0.2) is 0 Å². The molecule has 0 radical (unpaired) electrons. The van der Waals surface area contributed by atoms with Gasteiger partial charge in [-0.3, -0.25) is 9.69 Å². The summed E-state index contributed by atoms with van der Waals surface area (Å²) >= 11 is 0. The SMILES string of the molecule is Cc1cc(C[C@@H]2CN(C(=O)OC(C)(C)C)C[C@@H]2OC(=O)C23CCC(C)(C(=O)O2)C3(C)C)nc(N(Cc2ccccc2)C(=O)OC(C)(C)C)c1. The molecule has 0 N–H and O–H groups in total. The molecule has 1 aromatic heterocycles. The minimum Gasteiger partial charge on any atom is -0.457 e. The molecular formula is C38H51N3O8. The zero-order valence-electron chi connectivity index (χ0n) is 30.5. The molecule has 2 aromatic rings. The Hall–Kier alpha value is -4.15. The molecule has 5 rings (SSSR count). The number of esters is 2. The van der Waals surface area contributed by atoms with Gasteiger partial charge in [0.05, 0.1) is 18.5 Å². The summed E-state index contributed by atoms with van der Waals surface area (Å²) < 4.78 is 23.5. The summed E-state index contributed by atoms with van der Waals surface area (Å²) in [7, 11) is 0. The fraction of sp³-hybridized carbons (Fsp3) is 0.605. The quantitative estimate of drug-likeness (QED) is 0.231. The van der Waals surface area contributed by atoms with Crippen LogP contribution in [0.15, 0.2) is 42.5 Å². The number of hydrogen-bond donors (Lipinski definition) is 0. The highest BCUT2D eigenvalue weighted by molar-refractivity contribution is 5.93. The van der Waals surface area contributed by atoms with E-state index in [0.29, 0.717) is 30.8 Å². The van der Waals surface area contributed by atoms with Gasteiger partial charge >= 0.3 is 24.1 Å². The van der Waals surface area contributed by atoms with E-state index < -0.39 is 51.9 Å². The average molecular weight is 678 g/mol. The van der Waals surface area contributed by atoms with Crippen molar-refractivity contribution in [2.45, 2.75) is 118 Å². The average Bonchev–Trinajstić information content (AvgIpc) is 3.51. The summed E-state index contributed by atoms with van der Waals surface area (Å²) in [6, 6.07) is 13.4. The van der Waals surface area contributed by atoms with E-state index >= 15 is 0 Å². The first-order valence-electron chi connectivity index (χ1n) is 17.1. The first-order chi connectivity index (χ1) is 22.6. The summed E-state index contributed by atoms with van der Waals surface area (Å²) in [6.07, 6.45) is -0.507. The van der Waals surface area contributed by atoms with E-state index in [1.165, 1.54) is 4.90 Å². The molecule has 2 amide bonds. The van der Waals surface area contributed by atoms with Crippen LogP contribution in [0.25, 0.3) is 0 Å². The van der Waals surface area contributed by atoms with Crippen molar-refractivity contribution in [2.24, 2.45) is 16.7 Å². The van der Waals surface area contributed by atoms with E-state index in [1.54, 1.807) is 25.7 Å². The van der Waals surface area contributed by atoms with Gasteiger partial charge in [0.1, 0.15) is 23.1 Å². The molecule has 2 unspecified atom stereocenters. The Morgan fingerprint density at radius 1 is 0.959 bits per heavy atom. The summed E-state index contributed by atoms with van der Waals surface area (Å²) in [6.45, 7) is 19.0. The van der Waals surface area contributed by atoms with Gasteiger partial charge in [-0.2, -0.15) is 0 Å². The predicted molar refractivity (Wildman–Crippen MR) is 183 cm³/mol. The van der Waals surface area contributed by atoms with E-state index in [4.69, 9.17) is 23.9 Å². The topological polar surface area (TPSA) is 125 Å². The largest absolute Gasteiger partial charge is 0.457 e. The molecule has 2 saturated heterocycles. The van der Waals surface area contributed by atoms with Gasteiger partial charge in [0.2, 0.25) is 5.60 Å². The third-order valence-corrected chi connectivity index (χ3v) is 10.3. The molecular weight excluding hydrogens is 626 g/mol. The molecule has 3 fully saturated rings. The van der Waals surface area contributed by atoms with Crippen molar-refractivity contribution in [3.05, 3.63) is 59.3 Å². The normalized spacial score (nSPS) is 25.9. The van der Waals surface area contributed by atoms with E-state index in [9.17, 15) is 19.2 Å². The van der Waals surface area contributed by atoms with Gasteiger partial charge in [-0.15, -0.1) is 0 Å². The van der Waals surface area contributed by atoms with Crippen LogP contribution in [0.1, 0.15) is 92.0 Å². The van der Waals surface area contributed by atoms with Crippen LogP contribution in [0.3, 0.4) is 0 Å². The van der Waals surface area contributed by atoms with Crippen molar-refractivity contribution < 1.29 is 38.1 Å². The highest BCUT2D eigenvalue weighted by Crippen LogP contribution is 2.66. The summed E-state index contributed by atoms with van der Waals surface area (Å²) in [5.41, 5.74) is -1.95. The van der Waals surface area contributed by atoms with Crippen molar-refractivity contribution in [3.8, 4) is 0 Å². The first kappa shape index (κ1) is 36.1. The first-order valence-corrected chi connectivity index (χ1v) is 17.1. The molecule has 0 spiro atoms. The van der Waals surface area contributed by atoms with E-state index in [-0.39, 0.29) is 31.5 Å². The van der Waals surface area contributed by atoms with Gasteiger partial charge in [-0.25, -0.2) is 19.4 Å². The Morgan fingerprint density at radius 3 is 2.18 bits per heavy atom. The second-order valence-corrected chi connectivity index (χ2v) is 16.5. The maximum Gasteiger partial charge on any atom is 0.416 e. The number of hydrogen-bond acceptors (Lipinski definition) is 9. The molecule has 266 valence electrons. The third-order valence-electron chi connectivity index (χ3n) is 10.3. The molecule has 3 heterocycles. The van der Waals surface area contributed by atoms with E-state index in [0.717, 1.165) is 11.1 Å². The number of likely N-dealkylation sites (tertiary alicyclic amines) is 1. The molecule has 49 heavy (non-hydrogen) atoms. The van der Waals surface area contributed by atoms with Crippen LogP contribution in [0.2, 0.25) is 0 Å². The van der Waals surface area contributed by atoms with Gasteiger partial charge in [0.25, 0.3) is 0 Å². The van der Waals surface area contributed by atoms with Crippen LogP contribution in [0.5, 0.6) is 0 Å². The second-order valence-electron chi connectivity index (χ2n) is 16.5. The highest BCUT2D eigenvalue weighted by atomic mass is 16.6. The number of nitrogens with zero attached hydrogens (tertiary/aromatic N) is 3. The summed E-state index contributed by atoms with van der Waals surface area (Å²) in [5, 5.41) is 0. The van der Waals surface area contributed by atoms with Crippen molar-refractivity contribution in [2.75, 3.05) is 18.0 Å². The number of aryl methyl sites for hydroxylation is 1. The lowest BCUT2D eigenvalue weighted by Crippen LogP contribution is -2.50. The molecule has 1 aromatic carbocycles. The van der Waals surface area contributed by atoms with E-state index in [2.05, 4.69) is 0 Å². The molecule has 2 bridgehead atoms. The number of carbonyl (C=O) groups excluding carboxylic acids is 4. The van der Waals surface area contributed by atoms with Crippen LogP contribution in [-0.4, -0.2) is 70.0 Å². The summed E-state index contributed by atoms with van der Waals surface area (Å²) in [5.74, 6) is -0.912. The standard InChI is InChI=1S/C38H51N3O8/c1-24-18-27(39-29(19-24)41(33(45)49-35(5,6)7)21-25-14-12-11-13-15-25)20-26-22-40(32(44)48-34(2,3)4)23-28(26)46-31(43)38-17-16-37(10,30(42)47-38)36(38,8)9/h11-15,18-19,26,28H,16-17,20-23H2,1-10H3/t26-,28+,37?,38?/m1/s1. The van der Waals surface area contributed by atoms with Crippen LogP contribution in [-0.2, 0) is 41.5 Å². The van der Waals surface area contributed by atoms with Crippen molar-refractivity contribution in [1.82, 2.24) is 9.88 Å². The number of fused-ring (bicyclic) bond motifs is 2. The Bertz CT molecular complexity index is 1610. The third kappa shape index (κ3) is 7.12. The number of rotatable bonds is 7. The predicted octanol–water partition coefficient (Wildman–Crippen LogP) is 6.77. The molecule has 1 saturated carbocycles. The lowest BCUT2D eigenvalue weighted by atomic mass is 9.66. The van der Waals surface area contributed by atoms with Crippen LogP contribution in [0, 0.1) is 23.7 Å². The lowest BCUT2D eigenvalue weighted by Gasteiger charge is -2.35. The lowest BCUT2D eigenvalue weighted by molar-refractivity contribution is -0.188. The zero-order chi connectivity index (χ0) is 36.2. The Labute approximate surface area is 289 Å². The minimum atomic E-state index is -1.40. The Morgan fingerprint density at radius 2 is 1.61 bits per heavy atom. The molecule has 4 atom stereocenters. The van der Waals surface area contributed by atoms with Gasteiger partial charge < -0.3 is 23.8 Å². The van der Waals surface area contributed by atoms with Crippen LogP contribution < -0.4 is 4.90 Å². The highest BCUT2D eigenvalue weighted by Gasteiger charge is 2.76. The molecule has 1 aliphatic carbocycles. The fourth-order valence-electron chi connectivity index (χ4n) is 7.13. The maximum absolute atomic E-state index is 14.0. The Kier molecular flexibility index (Phi) is 9.31. The van der Waals surface area contributed by atoms with Gasteiger partial charge in [-0.1, -0.05) is 44.2 Å². The number of carbonyl (C=O) groups is 4. The number of ether oxygens (including phenoxy) is 4. The van der Waals surface area contributed by atoms with Crippen LogP contribution in [0.4, 0.5) is 15.4 Å². The van der Waals surface area contributed by atoms with Crippen molar-refractivity contribution in [3.63, 3.8) is 0 Å². The second kappa shape index (κ2) is 12.6. The van der Waals surface area contributed by atoms with Gasteiger partial charge in [0, 0.05) is 23.6 Å². The van der Waals surface area contributed by atoms with Gasteiger partial charge in [-0.05, 0) is 97.9 Å². The summed E-state index contributed by atoms with van der Waals surface area (Å²) in [4.78, 5) is 61.7. The molecule has 11 nitrogen and oxygen atoms in total. The number of aromatic nitrogens is 1. The van der Waals surface area contributed by atoms with Crippen molar-refractivity contribution in [1.29, 1.82) is 0 Å². The maximum atomic E-state index is 14.0. The number of pyridine rings is 1. The number of amides is 2. The Balaban J connectivity index is 1.44. The number of anilines is 1. The molecule has 2 aliphatic heterocycles. The minimum absolute atomic E-state index is 0.115. The van der Waals surface area contributed by atoms with Crippen LogP contribution >= 0.6 is 0 Å². The zero-order valence-corrected chi connectivity index (χ0v) is 30.5. The van der Waals surface area contributed by atoms with E-state index in [1.807, 2.05) is 90.9 Å². The number of benzene rings is 1. The van der Waals surface area contributed by atoms with Crippen molar-refractivity contribution >= 4 is 29.9 Å². The molecule has 11 heteroatoms. The molecule has 3 aliphatic rings. The smallest absolute Gasteiger partial charge is 0.416 e.